The van der Waals surface area contributed by atoms with E-state index in [9.17, 15) is 5.11 Å². The number of hydrogen-bond donors (Lipinski definition) is 1. The number of nitrogens with zero attached hydrogens (tertiary/aromatic N) is 1. The van der Waals surface area contributed by atoms with Crippen molar-refractivity contribution in [2.45, 2.75) is 57.5 Å². The second-order valence-electron chi connectivity index (χ2n) is 6.12. The molecule has 18 heavy (non-hydrogen) atoms. The van der Waals surface area contributed by atoms with E-state index in [1.807, 2.05) is 11.7 Å². The van der Waals surface area contributed by atoms with E-state index in [0.717, 1.165) is 18.3 Å². The second kappa shape index (κ2) is 5.70. The number of hydrogen-bond acceptors (Lipinski definition) is 3. The van der Waals surface area contributed by atoms with E-state index in [1.165, 1.54) is 49.8 Å². The molecule has 0 aliphatic heterocycles. The smallest absolute Gasteiger partial charge is 0.0794 e. The molecule has 2 fully saturated rings. The van der Waals surface area contributed by atoms with Gasteiger partial charge in [0.1, 0.15) is 0 Å². The van der Waals surface area contributed by atoms with Crippen LogP contribution in [0.2, 0.25) is 0 Å². The van der Waals surface area contributed by atoms with E-state index in [4.69, 9.17) is 0 Å². The quantitative estimate of drug-likeness (QED) is 0.905. The van der Waals surface area contributed by atoms with E-state index in [0.29, 0.717) is 5.92 Å². The molecular weight excluding hydrogens is 242 g/mol. The maximum Gasteiger partial charge on any atom is 0.0794 e. The molecule has 1 aromatic rings. The highest BCUT2D eigenvalue weighted by molar-refractivity contribution is 7.09. The molecule has 4 atom stereocenters. The summed E-state index contributed by atoms with van der Waals surface area (Å²) in [7, 11) is 0. The Morgan fingerprint density at radius 3 is 2.83 bits per heavy atom. The number of thiazole rings is 1. The maximum absolute atomic E-state index is 10.4. The van der Waals surface area contributed by atoms with Gasteiger partial charge < -0.3 is 5.11 Å². The predicted molar refractivity (Wildman–Crippen MR) is 74.6 cm³/mol. The van der Waals surface area contributed by atoms with Crippen LogP contribution in [0.5, 0.6) is 0 Å². The van der Waals surface area contributed by atoms with Gasteiger partial charge in [0.25, 0.3) is 0 Å². The van der Waals surface area contributed by atoms with E-state index < -0.39 is 0 Å². The summed E-state index contributed by atoms with van der Waals surface area (Å²) in [4.78, 5) is 5.32. The molecule has 0 spiro atoms. The second-order valence-corrected chi connectivity index (χ2v) is 7.09. The first-order valence-corrected chi connectivity index (χ1v) is 8.26. The van der Waals surface area contributed by atoms with E-state index in [2.05, 4.69) is 4.98 Å². The summed E-state index contributed by atoms with van der Waals surface area (Å²) in [6.07, 6.45) is 12.1. The van der Waals surface area contributed by atoms with E-state index in [1.54, 1.807) is 11.3 Å². The minimum Gasteiger partial charge on any atom is -0.392 e. The first-order valence-electron chi connectivity index (χ1n) is 7.38. The van der Waals surface area contributed by atoms with Gasteiger partial charge in [-0.15, -0.1) is 11.3 Å². The molecule has 3 heteroatoms. The third kappa shape index (κ3) is 2.77. The summed E-state index contributed by atoms with van der Waals surface area (Å²) in [6, 6.07) is 0. The molecule has 1 aromatic heterocycles. The molecule has 2 nitrogen and oxygen atoms in total. The Hall–Kier alpha value is -0.410. The monoisotopic (exact) mass is 265 g/mol. The Morgan fingerprint density at radius 1 is 1.22 bits per heavy atom. The summed E-state index contributed by atoms with van der Waals surface area (Å²) in [6.45, 7) is 0. The van der Waals surface area contributed by atoms with Gasteiger partial charge in [0, 0.05) is 17.5 Å². The van der Waals surface area contributed by atoms with E-state index >= 15 is 0 Å². The van der Waals surface area contributed by atoms with Crippen LogP contribution in [0.3, 0.4) is 0 Å². The van der Waals surface area contributed by atoms with Gasteiger partial charge in [-0.05, 0) is 37.0 Å². The molecule has 100 valence electrons. The first kappa shape index (κ1) is 12.6. The van der Waals surface area contributed by atoms with Crippen LogP contribution in [0.15, 0.2) is 11.7 Å². The lowest BCUT2D eigenvalue weighted by atomic mass is 9.66. The van der Waals surface area contributed by atoms with Crippen molar-refractivity contribution in [1.29, 1.82) is 0 Å². The zero-order valence-electron chi connectivity index (χ0n) is 10.9. The molecule has 1 N–H and O–H groups in total. The van der Waals surface area contributed by atoms with Gasteiger partial charge in [-0.25, -0.2) is 0 Å². The topological polar surface area (TPSA) is 33.1 Å². The summed E-state index contributed by atoms with van der Waals surface area (Å²) in [5.41, 5.74) is 1.86. The molecular formula is C15H23NOS. The Morgan fingerprint density at radius 2 is 2.06 bits per heavy atom. The molecule has 3 rings (SSSR count). The van der Waals surface area contributed by atoms with Gasteiger partial charge in [0.2, 0.25) is 0 Å². The highest BCUT2D eigenvalue weighted by Crippen LogP contribution is 2.43. The largest absolute Gasteiger partial charge is 0.392 e. The summed E-state index contributed by atoms with van der Waals surface area (Å²) < 4.78 is 0. The third-order valence-electron chi connectivity index (χ3n) is 5.02. The van der Waals surface area contributed by atoms with Crippen LogP contribution in [0.4, 0.5) is 0 Å². The normalized spacial score (nSPS) is 33.9. The van der Waals surface area contributed by atoms with Gasteiger partial charge in [-0.2, -0.15) is 0 Å². The molecule has 4 unspecified atom stereocenters. The van der Waals surface area contributed by atoms with Gasteiger partial charge >= 0.3 is 0 Å². The van der Waals surface area contributed by atoms with Crippen molar-refractivity contribution in [3.05, 3.63) is 16.6 Å². The lowest BCUT2D eigenvalue weighted by Gasteiger charge is -2.40. The standard InChI is InChI=1S/C15H23NOS/c17-15(8-14-9-16-10-18-14)13-6-5-11-3-1-2-4-12(11)7-13/h9-13,15,17H,1-8H2. The van der Waals surface area contributed by atoms with Crippen LogP contribution >= 0.6 is 11.3 Å². The van der Waals surface area contributed by atoms with Crippen LogP contribution in [-0.2, 0) is 6.42 Å². The van der Waals surface area contributed by atoms with Gasteiger partial charge in [-0.3, -0.25) is 4.98 Å². The molecule has 2 aliphatic rings. The van der Waals surface area contributed by atoms with Crippen molar-refractivity contribution in [2.24, 2.45) is 17.8 Å². The van der Waals surface area contributed by atoms with Crippen LogP contribution in [0, 0.1) is 17.8 Å². The summed E-state index contributed by atoms with van der Waals surface area (Å²) >= 11 is 1.67. The fourth-order valence-electron chi connectivity index (χ4n) is 3.97. The number of rotatable bonds is 3. The maximum atomic E-state index is 10.4. The Kier molecular flexibility index (Phi) is 4.00. The number of aliphatic hydroxyl groups excluding tert-OH is 1. The van der Waals surface area contributed by atoms with Gasteiger partial charge in [-0.1, -0.05) is 25.7 Å². The Balaban J connectivity index is 1.56. The van der Waals surface area contributed by atoms with Gasteiger partial charge in [0.05, 0.1) is 11.6 Å². The third-order valence-corrected chi connectivity index (χ3v) is 5.82. The molecule has 0 amide bonds. The minimum absolute atomic E-state index is 0.145. The molecule has 0 aromatic carbocycles. The van der Waals surface area contributed by atoms with Crippen molar-refractivity contribution < 1.29 is 5.11 Å². The Labute approximate surface area is 113 Å². The summed E-state index contributed by atoms with van der Waals surface area (Å²) in [5, 5.41) is 10.4. The van der Waals surface area contributed by atoms with Crippen molar-refractivity contribution in [1.82, 2.24) is 4.98 Å². The van der Waals surface area contributed by atoms with Crippen LogP contribution < -0.4 is 0 Å². The van der Waals surface area contributed by atoms with E-state index in [-0.39, 0.29) is 6.10 Å². The number of fused-ring (bicyclic) bond motifs is 1. The average Bonchev–Trinajstić information content (AvgIpc) is 2.91. The number of aliphatic hydroxyl groups is 1. The SMILES string of the molecule is OC(Cc1cncs1)C1CCC2CCCCC2C1. The molecule has 0 saturated heterocycles. The zero-order chi connectivity index (χ0) is 12.4. The summed E-state index contributed by atoms with van der Waals surface area (Å²) in [5.74, 6) is 2.42. The Bertz CT molecular complexity index is 365. The fraction of sp³-hybridized carbons (Fsp3) is 0.800. The lowest BCUT2D eigenvalue weighted by Crippen LogP contribution is -2.34. The van der Waals surface area contributed by atoms with Crippen LogP contribution in [0.25, 0.3) is 0 Å². The fourth-order valence-corrected chi connectivity index (χ4v) is 4.62. The highest BCUT2D eigenvalue weighted by atomic mass is 32.1. The van der Waals surface area contributed by atoms with Crippen molar-refractivity contribution in [3.63, 3.8) is 0 Å². The molecule has 0 radical (unpaired) electrons. The molecule has 1 heterocycles. The van der Waals surface area contributed by atoms with Gasteiger partial charge in [0.15, 0.2) is 0 Å². The van der Waals surface area contributed by atoms with Crippen LogP contribution in [-0.4, -0.2) is 16.2 Å². The minimum atomic E-state index is -0.145. The van der Waals surface area contributed by atoms with Crippen LogP contribution in [0.1, 0.15) is 49.8 Å². The van der Waals surface area contributed by atoms with Crippen molar-refractivity contribution in [2.75, 3.05) is 0 Å². The molecule has 2 aliphatic carbocycles. The lowest BCUT2D eigenvalue weighted by molar-refractivity contribution is 0.0365. The average molecular weight is 265 g/mol. The first-order chi connectivity index (χ1) is 8.83. The molecule has 0 bridgehead atoms. The van der Waals surface area contributed by atoms with Crippen molar-refractivity contribution >= 4 is 11.3 Å². The zero-order valence-corrected chi connectivity index (χ0v) is 11.7. The van der Waals surface area contributed by atoms with Crippen molar-refractivity contribution in [3.8, 4) is 0 Å². The highest BCUT2D eigenvalue weighted by Gasteiger charge is 2.34. The number of aromatic nitrogens is 1. The molecule has 2 saturated carbocycles. The predicted octanol–water partition coefficient (Wildman–Crippen LogP) is 3.65.